The summed E-state index contributed by atoms with van der Waals surface area (Å²) in [5, 5.41) is 5.62. The molecule has 0 N–H and O–H groups in total. The van der Waals surface area contributed by atoms with Gasteiger partial charge >= 0.3 is 0 Å². The van der Waals surface area contributed by atoms with E-state index in [1.54, 1.807) is 0 Å². The number of fused-ring (bicyclic) bond motifs is 1. The highest BCUT2D eigenvalue weighted by Gasteiger charge is 2.25. The maximum absolute atomic E-state index is 12.8. The summed E-state index contributed by atoms with van der Waals surface area (Å²) in [6.07, 6.45) is 2.02. The van der Waals surface area contributed by atoms with E-state index < -0.39 is 0 Å². The van der Waals surface area contributed by atoms with Gasteiger partial charge in [-0.2, -0.15) is 5.10 Å². The minimum Gasteiger partial charge on any atom is -0.337 e. The van der Waals surface area contributed by atoms with Gasteiger partial charge in [0, 0.05) is 30.7 Å². The molecule has 5 heteroatoms. The Balaban J connectivity index is 1.40. The summed E-state index contributed by atoms with van der Waals surface area (Å²) in [7, 11) is 0. The maximum atomic E-state index is 12.8. The number of para-hydroxylation sites is 1. The molecule has 1 fully saturated rings. The van der Waals surface area contributed by atoms with Crippen LogP contribution in [-0.4, -0.2) is 38.7 Å². The lowest BCUT2D eigenvalue weighted by Gasteiger charge is -2.32. The van der Waals surface area contributed by atoms with Crippen molar-refractivity contribution in [3.63, 3.8) is 0 Å². The molecule has 26 heavy (non-hydrogen) atoms. The van der Waals surface area contributed by atoms with E-state index in [1.807, 2.05) is 48.2 Å². The topological polar surface area (TPSA) is 51.0 Å². The van der Waals surface area contributed by atoms with E-state index >= 15 is 0 Å². The van der Waals surface area contributed by atoms with Gasteiger partial charge in [0.05, 0.1) is 11.2 Å². The molecule has 1 saturated heterocycles. The largest absolute Gasteiger partial charge is 0.337 e. The van der Waals surface area contributed by atoms with Gasteiger partial charge in [0.15, 0.2) is 0 Å². The van der Waals surface area contributed by atoms with Gasteiger partial charge in [-0.25, -0.2) is 4.98 Å². The summed E-state index contributed by atoms with van der Waals surface area (Å²) in [5.74, 6) is 0.613. The second-order valence-electron chi connectivity index (χ2n) is 7.23. The average molecular weight is 348 g/mol. The summed E-state index contributed by atoms with van der Waals surface area (Å²) in [6.45, 7) is 6.65. The Morgan fingerprint density at radius 3 is 2.62 bits per heavy atom. The molecule has 134 valence electrons. The molecule has 0 radical (unpaired) electrons. The van der Waals surface area contributed by atoms with Crippen LogP contribution >= 0.6 is 0 Å². The number of hydrogen-bond donors (Lipinski definition) is 0. The number of amides is 1. The van der Waals surface area contributed by atoms with Gasteiger partial charge in [-0.3, -0.25) is 9.48 Å². The molecule has 1 amide bonds. The molecule has 0 unspecified atom stereocenters. The Labute approximate surface area is 153 Å². The van der Waals surface area contributed by atoms with Crippen LogP contribution in [0.1, 0.15) is 34.7 Å². The van der Waals surface area contributed by atoms with E-state index in [0.29, 0.717) is 11.6 Å². The smallest absolute Gasteiger partial charge is 0.272 e. The van der Waals surface area contributed by atoms with Crippen molar-refractivity contribution in [1.29, 1.82) is 0 Å². The summed E-state index contributed by atoms with van der Waals surface area (Å²) in [4.78, 5) is 19.3. The van der Waals surface area contributed by atoms with E-state index in [9.17, 15) is 4.79 Å². The standard InChI is InChI=1S/C21H24N4O/c1-15-13-16(2)25(23-15)14-17-9-11-24(12-10-17)21(26)20-8-7-18-5-3-4-6-19(18)22-20/h3-8,13,17H,9-12,14H2,1-2H3. The lowest BCUT2D eigenvalue weighted by Crippen LogP contribution is -2.39. The lowest BCUT2D eigenvalue weighted by molar-refractivity contribution is 0.0675. The third-order valence-corrected chi connectivity index (χ3v) is 5.25. The van der Waals surface area contributed by atoms with Crippen LogP contribution in [0.15, 0.2) is 42.5 Å². The first kappa shape index (κ1) is 16.8. The van der Waals surface area contributed by atoms with E-state index in [1.165, 1.54) is 5.69 Å². The Bertz CT molecular complexity index is 938. The van der Waals surface area contributed by atoms with Crippen molar-refractivity contribution < 1.29 is 4.79 Å². The van der Waals surface area contributed by atoms with Gasteiger partial charge in [0.1, 0.15) is 5.69 Å². The number of carbonyl (C=O) groups is 1. The van der Waals surface area contributed by atoms with Gasteiger partial charge in [0.25, 0.3) is 5.91 Å². The summed E-state index contributed by atoms with van der Waals surface area (Å²) >= 11 is 0. The molecule has 2 aromatic heterocycles. The van der Waals surface area contributed by atoms with Crippen LogP contribution in [0.5, 0.6) is 0 Å². The minimum atomic E-state index is 0.0420. The summed E-state index contributed by atoms with van der Waals surface area (Å²) in [6, 6.07) is 13.8. The molecular formula is C21H24N4O. The van der Waals surface area contributed by atoms with Crippen molar-refractivity contribution in [3.05, 3.63) is 59.5 Å². The number of piperidine rings is 1. The quantitative estimate of drug-likeness (QED) is 0.727. The number of hydrogen-bond acceptors (Lipinski definition) is 3. The number of nitrogens with zero attached hydrogens (tertiary/aromatic N) is 4. The minimum absolute atomic E-state index is 0.0420. The molecule has 4 rings (SSSR count). The van der Waals surface area contributed by atoms with Crippen LogP contribution in [0.25, 0.3) is 10.9 Å². The summed E-state index contributed by atoms with van der Waals surface area (Å²) in [5.41, 5.74) is 3.69. The van der Waals surface area contributed by atoms with Crippen LogP contribution < -0.4 is 0 Å². The molecule has 0 spiro atoms. The van der Waals surface area contributed by atoms with Crippen LogP contribution in [0.3, 0.4) is 0 Å². The van der Waals surface area contributed by atoms with Gasteiger partial charge in [-0.05, 0) is 50.8 Å². The zero-order valence-electron chi connectivity index (χ0n) is 15.4. The highest BCUT2D eigenvalue weighted by Crippen LogP contribution is 2.22. The molecule has 5 nitrogen and oxygen atoms in total. The number of benzene rings is 1. The number of pyridine rings is 1. The zero-order chi connectivity index (χ0) is 18.1. The monoisotopic (exact) mass is 348 g/mol. The van der Waals surface area contributed by atoms with Crippen molar-refractivity contribution in [3.8, 4) is 0 Å². The number of rotatable bonds is 3. The molecule has 0 saturated carbocycles. The molecule has 3 aromatic rings. The normalized spacial score (nSPS) is 15.5. The number of likely N-dealkylation sites (tertiary alicyclic amines) is 1. The predicted molar refractivity (Wildman–Crippen MR) is 102 cm³/mol. The van der Waals surface area contributed by atoms with Gasteiger partial charge in [0.2, 0.25) is 0 Å². The van der Waals surface area contributed by atoms with Crippen LogP contribution in [0.2, 0.25) is 0 Å². The highest BCUT2D eigenvalue weighted by atomic mass is 16.2. The zero-order valence-corrected chi connectivity index (χ0v) is 15.4. The van der Waals surface area contributed by atoms with Crippen LogP contribution in [0, 0.1) is 19.8 Å². The Morgan fingerprint density at radius 1 is 1.12 bits per heavy atom. The first-order chi connectivity index (χ1) is 12.6. The fourth-order valence-corrected chi connectivity index (χ4v) is 3.77. The SMILES string of the molecule is Cc1cc(C)n(CC2CCN(C(=O)c3ccc4ccccc4n3)CC2)n1. The van der Waals surface area contributed by atoms with Crippen molar-refractivity contribution in [1.82, 2.24) is 19.7 Å². The van der Waals surface area contributed by atoms with Gasteiger partial charge in [-0.15, -0.1) is 0 Å². The molecule has 1 aliphatic rings. The molecule has 1 aromatic carbocycles. The van der Waals surface area contributed by atoms with E-state index in [2.05, 4.69) is 27.8 Å². The Hall–Kier alpha value is -2.69. The predicted octanol–water partition coefficient (Wildman–Crippen LogP) is 3.60. The Kier molecular flexibility index (Phi) is 4.45. The number of carbonyl (C=O) groups excluding carboxylic acids is 1. The first-order valence-electron chi connectivity index (χ1n) is 9.26. The van der Waals surface area contributed by atoms with Crippen LogP contribution in [-0.2, 0) is 6.54 Å². The molecule has 0 atom stereocenters. The maximum Gasteiger partial charge on any atom is 0.272 e. The highest BCUT2D eigenvalue weighted by molar-refractivity contribution is 5.94. The second-order valence-corrected chi connectivity index (χ2v) is 7.23. The van der Waals surface area contributed by atoms with E-state index in [-0.39, 0.29) is 5.91 Å². The average Bonchev–Trinajstić information content (AvgIpc) is 2.98. The third-order valence-electron chi connectivity index (χ3n) is 5.25. The molecule has 0 bridgehead atoms. The summed E-state index contributed by atoms with van der Waals surface area (Å²) < 4.78 is 2.10. The lowest BCUT2D eigenvalue weighted by atomic mass is 9.96. The molecular weight excluding hydrogens is 324 g/mol. The number of aryl methyl sites for hydroxylation is 2. The van der Waals surface area contributed by atoms with Crippen LogP contribution in [0.4, 0.5) is 0 Å². The van der Waals surface area contributed by atoms with Crippen molar-refractivity contribution in [2.24, 2.45) is 5.92 Å². The van der Waals surface area contributed by atoms with Crippen molar-refractivity contribution in [2.75, 3.05) is 13.1 Å². The third kappa shape index (κ3) is 3.34. The molecule has 0 aliphatic carbocycles. The molecule has 1 aliphatic heterocycles. The van der Waals surface area contributed by atoms with E-state index in [4.69, 9.17) is 0 Å². The fraction of sp³-hybridized carbons (Fsp3) is 0.381. The Morgan fingerprint density at radius 2 is 1.88 bits per heavy atom. The van der Waals surface area contributed by atoms with Gasteiger partial charge in [-0.1, -0.05) is 24.3 Å². The van der Waals surface area contributed by atoms with E-state index in [0.717, 1.165) is 49.1 Å². The van der Waals surface area contributed by atoms with Crippen molar-refractivity contribution >= 4 is 16.8 Å². The molecule has 3 heterocycles. The van der Waals surface area contributed by atoms with Crippen molar-refractivity contribution in [2.45, 2.75) is 33.2 Å². The second kappa shape index (κ2) is 6.90. The fourth-order valence-electron chi connectivity index (χ4n) is 3.77. The first-order valence-corrected chi connectivity index (χ1v) is 9.26. The number of aromatic nitrogens is 3. The van der Waals surface area contributed by atoms with Gasteiger partial charge < -0.3 is 4.90 Å².